The van der Waals surface area contributed by atoms with Gasteiger partial charge in [0.2, 0.25) is 0 Å². The van der Waals surface area contributed by atoms with E-state index in [9.17, 15) is 4.79 Å². The molecule has 1 N–H and O–H groups in total. The van der Waals surface area contributed by atoms with Crippen molar-refractivity contribution in [2.24, 2.45) is 0 Å². The van der Waals surface area contributed by atoms with E-state index in [0.717, 1.165) is 25.9 Å². The Morgan fingerprint density at radius 3 is 2.92 bits per heavy atom. The second-order valence-corrected chi connectivity index (χ2v) is 3.00. The van der Waals surface area contributed by atoms with E-state index >= 15 is 0 Å². The van der Waals surface area contributed by atoms with Crippen LogP contribution in [0.2, 0.25) is 0 Å². The Morgan fingerprint density at radius 2 is 2.31 bits per heavy atom. The fourth-order valence-electron chi connectivity index (χ4n) is 1.38. The predicted molar refractivity (Wildman–Crippen MR) is 46.3 cm³/mol. The minimum atomic E-state index is -0.0913. The number of oxazole rings is 1. The van der Waals surface area contributed by atoms with Crippen LogP contribution in [0.25, 0.3) is 0 Å². The van der Waals surface area contributed by atoms with Gasteiger partial charge in [0.15, 0.2) is 12.2 Å². The standard InChI is InChI=1S/C8H11N3O2/c12-8(11-3-1-2-4-11)10-7-5-13-6-9-7/h5-6H,1-4H2,(H,10,12). The number of hydrogen-bond acceptors (Lipinski definition) is 3. The van der Waals surface area contributed by atoms with Crippen molar-refractivity contribution >= 4 is 11.8 Å². The number of urea groups is 1. The Hall–Kier alpha value is -1.52. The van der Waals surface area contributed by atoms with Gasteiger partial charge in [0.1, 0.15) is 6.26 Å². The molecule has 5 heteroatoms. The van der Waals surface area contributed by atoms with Gasteiger partial charge < -0.3 is 9.32 Å². The lowest BCUT2D eigenvalue weighted by Gasteiger charge is -2.14. The minimum Gasteiger partial charge on any atom is -0.449 e. The van der Waals surface area contributed by atoms with Gasteiger partial charge in [-0.15, -0.1) is 0 Å². The van der Waals surface area contributed by atoms with Crippen molar-refractivity contribution in [2.45, 2.75) is 12.8 Å². The van der Waals surface area contributed by atoms with E-state index in [-0.39, 0.29) is 6.03 Å². The van der Waals surface area contributed by atoms with Gasteiger partial charge in [-0.2, -0.15) is 4.98 Å². The molecule has 13 heavy (non-hydrogen) atoms. The zero-order valence-corrected chi connectivity index (χ0v) is 7.19. The third kappa shape index (κ3) is 1.80. The highest BCUT2D eigenvalue weighted by atomic mass is 16.3. The van der Waals surface area contributed by atoms with Gasteiger partial charge in [0.25, 0.3) is 0 Å². The molecule has 0 aliphatic carbocycles. The Kier molecular flexibility index (Phi) is 2.16. The fourth-order valence-corrected chi connectivity index (χ4v) is 1.38. The van der Waals surface area contributed by atoms with Gasteiger partial charge in [-0.3, -0.25) is 5.32 Å². The second-order valence-electron chi connectivity index (χ2n) is 3.00. The van der Waals surface area contributed by atoms with E-state index in [1.165, 1.54) is 12.7 Å². The molecule has 2 heterocycles. The first kappa shape index (κ1) is 8.10. The Bertz CT molecular complexity index is 278. The molecule has 0 saturated carbocycles. The summed E-state index contributed by atoms with van der Waals surface area (Å²) in [5.41, 5.74) is 0. The van der Waals surface area contributed by atoms with Crippen LogP contribution in [0.1, 0.15) is 12.8 Å². The highest BCUT2D eigenvalue weighted by molar-refractivity contribution is 5.88. The highest BCUT2D eigenvalue weighted by Crippen LogP contribution is 2.10. The van der Waals surface area contributed by atoms with E-state index in [4.69, 9.17) is 4.42 Å². The zero-order valence-electron chi connectivity index (χ0n) is 7.19. The molecule has 1 aromatic rings. The molecule has 0 aromatic carbocycles. The number of amides is 2. The lowest BCUT2D eigenvalue weighted by atomic mass is 10.4. The van der Waals surface area contributed by atoms with Crippen molar-refractivity contribution in [1.82, 2.24) is 9.88 Å². The summed E-state index contributed by atoms with van der Waals surface area (Å²) in [5.74, 6) is 0.469. The van der Waals surface area contributed by atoms with E-state index < -0.39 is 0 Å². The molecule has 5 nitrogen and oxygen atoms in total. The summed E-state index contributed by atoms with van der Waals surface area (Å²) in [6.07, 6.45) is 4.88. The van der Waals surface area contributed by atoms with Crippen molar-refractivity contribution < 1.29 is 9.21 Å². The van der Waals surface area contributed by atoms with Gasteiger partial charge in [-0.1, -0.05) is 0 Å². The molecule has 1 saturated heterocycles. The van der Waals surface area contributed by atoms with Gasteiger partial charge in [-0.05, 0) is 12.8 Å². The van der Waals surface area contributed by atoms with E-state index in [0.29, 0.717) is 5.82 Å². The largest absolute Gasteiger partial charge is 0.449 e. The number of nitrogens with one attached hydrogen (secondary N) is 1. The van der Waals surface area contributed by atoms with E-state index in [2.05, 4.69) is 10.3 Å². The highest BCUT2D eigenvalue weighted by Gasteiger charge is 2.18. The molecule has 70 valence electrons. The molecule has 1 aliphatic rings. The van der Waals surface area contributed by atoms with E-state index in [1.807, 2.05) is 0 Å². The first-order valence-electron chi connectivity index (χ1n) is 4.30. The van der Waals surface area contributed by atoms with Crippen LogP contribution in [-0.4, -0.2) is 29.0 Å². The van der Waals surface area contributed by atoms with Crippen molar-refractivity contribution in [2.75, 3.05) is 18.4 Å². The van der Waals surface area contributed by atoms with E-state index in [1.54, 1.807) is 4.90 Å². The lowest BCUT2D eigenvalue weighted by Crippen LogP contribution is -2.32. The van der Waals surface area contributed by atoms with Gasteiger partial charge in [0, 0.05) is 13.1 Å². The average Bonchev–Trinajstić information content (AvgIpc) is 2.74. The third-order valence-electron chi connectivity index (χ3n) is 2.06. The number of aromatic nitrogens is 1. The monoisotopic (exact) mass is 181 g/mol. The second kappa shape index (κ2) is 3.47. The molecule has 1 aromatic heterocycles. The van der Waals surface area contributed by atoms with Crippen LogP contribution in [0.3, 0.4) is 0 Å². The normalized spacial score (nSPS) is 16.2. The van der Waals surface area contributed by atoms with Crippen LogP contribution in [0.4, 0.5) is 10.6 Å². The maximum Gasteiger partial charge on any atom is 0.323 e. The van der Waals surface area contributed by atoms with Crippen molar-refractivity contribution in [3.8, 4) is 0 Å². The van der Waals surface area contributed by atoms with Crippen molar-refractivity contribution in [3.63, 3.8) is 0 Å². The summed E-state index contributed by atoms with van der Waals surface area (Å²) in [5, 5.41) is 2.65. The molecule has 1 aliphatic heterocycles. The number of likely N-dealkylation sites (tertiary alicyclic amines) is 1. The zero-order chi connectivity index (χ0) is 9.10. The summed E-state index contributed by atoms with van der Waals surface area (Å²) < 4.78 is 4.73. The van der Waals surface area contributed by atoms with Crippen LogP contribution in [0.15, 0.2) is 17.1 Å². The maximum atomic E-state index is 11.4. The predicted octanol–water partition coefficient (Wildman–Crippen LogP) is 1.30. The maximum absolute atomic E-state index is 11.4. The molecule has 0 bridgehead atoms. The number of carbonyl (C=O) groups is 1. The number of hydrogen-bond donors (Lipinski definition) is 1. The molecule has 0 spiro atoms. The van der Waals surface area contributed by atoms with Crippen LogP contribution in [0.5, 0.6) is 0 Å². The molecule has 0 unspecified atom stereocenters. The van der Waals surface area contributed by atoms with Crippen molar-refractivity contribution in [1.29, 1.82) is 0 Å². The molecule has 2 amide bonds. The molecule has 2 rings (SSSR count). The van der Waals surface area contributed by atoms with Gasteiger partial charge >= 0.3 is 6.03 Å². The third-order valence-corrected chi connectivity index (χ3v) is 2.06. The molecule has 1 fully saturated rings. The smallest absolute Gasteiger partial charge is 0.323 e. The SMILES string of the molecule is O=C(Nc1cocn1)N1CCCC1. The van der Waals surface area contributed by atoms with Gasteiger partial charge in [-0.25, -0.2) is 4.79 Å². The molecule has 0 radical (unpaired) electrons. The Balaban J connectivity index is 1.91. The lowest BCUT2D eigenvalue weighted by molar-refractivity contribution is 0.222. The number of anilines is 1. The summed E-state index contributed by atoms with van der Waals surface area (Å²) >= 11 is 0. The summed E-state index contributed by atoms with van der Waals surface area (Å²) in [7, 11) is 0. The topological polar surface area (TPSA) is 58.4 Å². The first-order valence-corrected chi connectivity index (χ1v) is 4.30. The summed E-state index contributed by atoms with van der Waals surface area (Å²) in [4.78, 5) is 17.0. The molecule has 0 atom stereocenters. The minimum absolute atomic E-state index is 0.0913. The van der Waals surface area contributed by atoms with Gasteiger partial charge in [0.05, 0.1) is 0 Å². The fraction of sp³-hybridized carbons (Fsp3) is 0.500. The quantitative estimate of drug-likeness (QED) is 0.710. The number of nitrogens with zero attached hydrogens (tertiary/aromatic N) is 2. The first-order chi connectivity index (χ1) is 6.36. The van der Waals surface area contributed by atoms with Crippen LogP contribution < -0.4 is 5.32 Å². The van der Waals surface area contributed by atoms with Crippen LogP contribution >= 0.6 is 0 Å². The average molecular weight is 181 g/mol. The van der Waals surface area contributed by atoms with Crippen LogP contribution in [-0.2, 0) is 0 Å². The van der Waals surface area contributed by atoms with Crippen molar-refractivity contribution in [3.05, 3.63) is 12.7 Å². The summed E-state index contributed by atoms with van der Waals surface area (Å²) in [6, 6.07) is -0.0913. The molecular formula is C8H11N3O2. The Morgan fingerprint density at radius 1 is 1.54 bits per heavy atom. The Labute approximate surface area is 75.7 Å². The number of rotatable bonds is 1. The van der Waals surface area contributed by atoms with Crippen LogP contribution in [0, 0.1) is 0 Å². The number of carbonyl (C=O) groups excluding carboxylic acids is 1. The summed E-state index contributed by atoms with van der Waals surface area (Å²) in [6.45, 7) is 1.67. The molecular weight excluding hydrogens is 170 g/mol.